The summed E-state index contributed by atoms with van der Waals surface area (Å²) in [4.78, 5) is 10.9. The molecule has 0 saturated heterocycles. The van der Waals surface area contributed by atoms with Crippen LogP contribution in [0.2, 0.25) is 0 Å². The van der Waals surface area contributed by atoms with Crippen molar-refractivity contribution in [2.75, 3.05) is 7.04 Å². The summed E-state index contributed by atoms with van der Waals surface area (Å²) in [6, 6.07) is 3.81. The molecule has 1 rings (SSSR count). The molecule has 3 heteroatoms. The van der Waals surface area contributed by atoms with Crippen molar-refractivity contribution in [2.45, 2.75) is 6.92 Å². The van der Waals surface area contributed by atoms with Gasteiger partial charge >= 0.3 is 0 Å². The number of benzene rings is 1. The third-order valence-electron chi connectivity index (χ3n) is 1.48. The Kier molecular flexibility index (Phi) is 1.41. The fourth-order valence-corrected chi connectivity index (χ4v) is 0.823. The van der Waals surface area contributed by atoms with Gasteiger partial charge in [-0.3, -0.25) is 4.79 Å². The molecule has 0 bridgehead atoms. The number of methoxy groups -OCH3 is 1. The molecule has 0 heterocycles. The average molecular weight is 169 g/mol. The van der Waals surface area contributed by atoms with Gasteiger partial charge in [-0.1, -0.05) is 0 Å². The topological polar surface area (TPSA) is 46.5 Å². The zero-order chi connectivity index (χ0) is 11.6. The normalized spacial score (nSPS) is 14.2. The van der Waals surface area contributed by atoms with Crippen molar-refractivity contribution in [2.24, 2.45) is 0 Å². The van der Waals surface area contributed by atoms with Crippen molar-refractivity contribution < 1.29 is 18.8 Å². The highest BCUT2D eigenvalue weighted by molar-refractivity contribution is 5.94. The van der Waals surface area contributed by atoms with Crippen LogP contribution >= 0.6 is 0 Å². The number of hydrogen-bond acceptors (Lipinski definition) is 3. The molecule has 0 radical (unpaired) electrons. The minimum absolute atomic E-state index is 0.167. The summed E-state index contributed by atoms with van der Waals surface area (Å²) in [7, 11) is -2.62. The second-order valence-electron chi connectivity index (χ2n) is 2.34. The van der Waals surface area contributed by atoms with Gasteiger partial charge in [0.25, 0.3) is 0 Å². The lowest BCUT2D eigenvalue weighted by atomic mass is 10.1. The standard InChI is InChI=1S/C9H10O3/c1-6(10)7-3-4-9(12-2)8(11)5-7/h3-5,11H,1-2H3/i2D3. The summed E-state index contributed by atoms with van der Waals surface area (Å²) < 4.78 is 25.0. The summed E-state index contributed by atoms with van der Waals surface area (Å²) >= 11 is 0. The molecule has 12 heavy (non-hydrogen) atoms. The van der Waals surface area contributed by atoms with E-state index in [-0.39, 0.29) is 17.3 Å². The Hall–Kier alpha value is -1.51. The van der Waals surface area contributed by atoms with E-state index in [4.69, 9.17) is 4.11 Å². The Balaban J connectivity index is 2.99. The van der Waals surface area contributed by atoms with E-state index in [2.05, 4.69) is 4.74 Å². The Morgan fingerprint density at radius 1 is 1.67 bits per heavy atom. The SMILES string of the molecule is [2H]C([2H])([2H])Oc1ccc(C(C)=O)cc1O. The fraction of sp³-hybridized carbons (Fsp3) is 0.222. The first-order valence-electron chi connectivity index (χ1n) is 4.82. The highest BCUT2D eigenvalue weighted by Crippen LogP contribution is 2.26. The molecule has 0 atom stereocenters. The lowest BCUT2D eigenvalue weighted by Gasteiger charge is -2.03. The Morgan fingerprint density at radius 3 is 2.92 bits per heavy atom. The van der Waals surface area contributed by atoms with Crippen molar-refractivity contribution in [1.29, 1.82) is 0 Å². The molecule has 0 aliphatic heterocycles. The van der Waals surface area contributed by atoms with Gasteiger partial charge < -0.3 is 9.84 Å². The van der Waals surface area contributed by atoms with Gasteiger partial charge in [-0.25, -0.2) is 0 Å². The van der Waals surface area contributed by atoms with E-state index in [1.165, 1.54) is 25.1 Å². The molecule has 1 N–H and O–H groups in total. The van der Waals surface area contributed by atoms with Crippen LogP contribution in [0.25, 0.3) is 0 Å². The predicted octanol–water partition coefficient (Wildman–Crippen LogP) is 1.60. The monoisotopic (exact) mass is 169 g/mol. The molecular formula is C9H10O3. The Labute approximate surface area is 74.8 Å². The Morgan fingerprint density at radius 2 is 2.42 bits per heavy atom. The predicted molar refractivity (Wildman–Crippen MR) is 44.7 cm³/mol. The maximum absolute atomic E-state index is 10.9. The van der Waals surface area contributed by atoms with E-state index in [0.717, 1.165) is 0 Å². The molecule has 0 aromatic heterocycles. The van der Waals surface area contributed by atoms with Gasteiger partial charge in [0.05, 0.1) is 11.2 Å². The minimum Gasteiger partial charge on any atom is -0.504 e. The van der Waals surface area contributed by atoms with Gasteiger partial charge in [0.1, 0.15) is 0 Å². The number of rotatable bonds is 2. The number of phenols is 1. The van der Waals surface area contributed by atoms with Crippen LogP contribution in [0.3, 0.4) is 0 Å². The van der Waals surface area contributed by atoms with Crippen molar-refractivity contribution in [3.63, 3.8) is 0 Å². The van der Waals surface area contributed by atoms with Gasteiger partial charge in [-0.05, 0) is 25.1 Å². The Bertz CT molecular complexity index is 385. The van der Waals surface area contributed by atoms with Gasteiger partial charge in [0.15, 0.2) is 17.3 Å². The second-order valence-corrected chi connectivity index (χ2v) is 2.34. The molecule has 64 valence electrons. The van der Waals surface area contributed by atoms with E-state index >= 15 is 0 Å². The summed E-state index contributed by atoms with van der Waals surface area (Å²) in [6.07, 6.45) is 0. The van der Waals surface area contributed by atoms with E-state index in [0.29, 0.717) is 5.56 Å². The van der Waals surface area contributed by atoms with Crippen molar-refractivity contribution >= 4 is 5.78 Å². The van der Waals surface area contributed by atoms with Gasteiger partial charge in [0.2, 0.25) is 0 Å². The largest absolute Gasteiger partial charge is 0.504 e. The molecule has 0 saturated carbocycles. The first-order chi connectivity index (χ1) is 6.79. The van der Waals surface area contributed by atoms with Crippen LogP contribution in [0.1, 0.15) is 21.4 Å². The summed E-state index contributed by atoms with van der Waals surface area (Å²) in [5, 5.41) is 9.38. The van der Waals surface area contributed by atoms with Crippen LogP contribution in [0.4, 0.5) is 0 Å². The van der Waals surface area contributed by atoms with E-state index in [9.17, 15) is 9.90 Å². The zero-order valence-corrected chi connectivity index (χ0v) is 6.50. The molecule has 1 aromatic carbocycles. The first kappa shape index (κ1) is 5.19. The quantitative estimate of drug-likeness (QED) is 0.684. The maximum atomic E-state index is 10.9. The van der Waals surface area contributed by atoms with E-state index < -0.39 is 7.04 Å². The highest BCUT2D eigenvalue weighted by atomic mass is 16.5. The molecule has 0 spiro atoms. The molecule has 0 unspecified atom stereocenters. The lowest BCUT2D eigenvalue weighted by Crippen LogP contribution is -1.92. The van der Waals surface area contributed by atoms with Crippen LogP contribution in [0.15, 0.2) is 18.2 Å². The van der Waals surface area contributed by atoms with E-state index in [1.54, 1.807) is 0 Å². The van der Waals surface area contributed by atoms with Gasteiger partial charge in [-0.2, -0.15) is 0 Å². The second kappa shape index (κ2) is 3.26. The lowest BCUT2D eigenvalue weighted by molar-refractivity contribution is 0.101. The third-order valence-corrected chi connectivity index (χ3v) is 1.48. The number of Topliss-reactive ketones (excluding diaryl/α,β-unsaturated/α-hetero) is 1. The molecule has 3 nitrogen and oxygen atoms in total. The van der Waals surface area contributed by atoms with Crippen molar-refractivity contribution in [3.8, 4) is 11.5 Å². The summed E-state index contributed by atoms with van der Waals surface area (Å²) in [5.74, 6) is -0.746. The van der Waals surface area contributed by atoms with Crippen LogP contribution in [-0.4, -0.2) is 17.9 Å². The summed E-state index contributed by atoms with van der Waals surface area (Å²) in [5.41, 5.74) is 0.297. The van der Waals surface area contributed by atoms with Crippen molar-refractivity contribution in [1.82, 2.24) is 0 Å². The minimum atomic E-state index is -2.62. The molecule has 1 aromatic rings. The number of ether oxygens (including phenoxy) is 1. The van der Waals surface area contributed by atoms with Crippen molar-refractivity contribution in [3.05, 3.63) is 23.8 Å². The molecule has 0 aliphatic rings. The fourth-order valence-electron chi connectivity index (χ4n) is 0.823. The number of hydrogen-bond donors (Lipinski definition) is 1. The van der Waals surface area contributed by atoms with Crippen LogP contribution in [0.5, 0.6) is 11.5 Å². The molecule has 0 aliphatic carbocycles. The van der Waals surface area contributed by atoms with Crippen LogP contribution in [-0.2, 0) is 0 Å². The average Bonchev–Trinajstić information content (AvgIpc) is 2.05. The summed E-state index contributed by atoms with van der Waals surface area (Å²) in [6.45, 7) is 1.35. The first-order valence-corrected chi connectivity index (χ1v) is 3.32. The zero-order valence-electron chi connectivity index (χ0n) is 9.50. The van der Waals surface area contributed by atoms with Crippen LogP contribution < -0.4 is 4.74 Å². The number of carbonyl (C=O) groups excluding carboxylic acids is 1. The van der Waals surface area contributed by atoms with E-state index in [1.807, 2.05) is 0 Å². The number of ketones is 1. The van der Waals surface area contributed by atoms with Gasteiger partial charge in [-0.15, -0.1) is 0 Å². The number of aromatic hydroxyl groups is 1. The smallest absolute Gasteiger partial charge is 0.160 e. The van der Waals surface area contributed by atoms with Gasteiger partial charge in [0, 0.05) is 5.56 Å². The number of carbonyl (C=O) groups is 1. The molecular weight excluding hydrogens is 156 g/mol. The highest BCUT2D eigenvalue weighted by Gasteiger charge is 2.04. The van der Waals surface area contributed by atoms with Crippen LogP contribution in [0, 0.1) is 0 Å². The third kappa shape index (κ3) is 1.56. The molecule has 0 fully saturated rings. The number of phenolic OH excluding ortho intramolecular Hbond substituents is 1. The maximum Gasteiger partial charge on any atom is 0.160 e. The molecule has 0 amide bonds.